The van der Waals surface area contributed by atoms with E-state index < -0.39 is 0 Å². The monoisotopic (exact) mass is 390 g/mol. The lowest BCUT2D eigenvalue weighted by atomic mass is 9.78. The molecule has 158 valence electrons. The first-order valence-corrected chi connectivity index (χ1v) is 11.0. The summed E-state index contributed by atoms with van der Waals surface area (Å²) in [6.45, 7) is 19.2. The second kappa shape index (κ2) is 13.8. The van der Waals surface area contributed by atoms with Gasteiger partial charge in [0, 0.05) is 5.41 Å². The molecule has 3 rings (SSSR count). The Hall–Kier alpha value is -2.34. The standard InChI is InChI=1S/C15H16.C10H14.2C2H6/c1-15(2,13-9-5-3-6-10-13)14-11-7-4-8-12-14;1-10(2,3)9-7-5-4-6-8-9;2*1-2/h3-12H,1-2H3;4-8H,1-3H3;2*1-2H3. The quantitative estimate of drug-likeness (QED) is 0.409. The predicted octanol–water partition coefficient (Wildman–Crippen LogP) is 9.05. The molecule has 0 amide bonds. The predicted molar refractivity (Wildman–Crippen MR) is 133 cm³/mol. The highest BCUT2D eigenvalue weighted by Crippen LogP contribution is 2.30. The maximum Gasteiger partial charge on any atom is 0.0146 e. The molecule has 0 aliphatic carbocycles. The van der Waals surface area contributed by atoms with E-state index in [2.05, 4.69) is 126 Å². The Kier molecular flexibility index (Phi) is 12.7. The molecular formula is C29H42. The molecule has 0 N–H and O–H groups in total. The summed E-state index contributed by atoms with van der Waals surface area (Å²) in [5, 5.41) is 0. The number of rotatable bonds is 2. The van der Waals surface area contributed by atoms with E-state index in [9.17, 15) is 0 Å². The zero-order chi connectivity index (χ0) is 22.3. The van der Waals surface area contributed by atoms with Crippen LogP contribution in [0, 0.1) is 0 Å². The van der Waals surface area contributed by atoms with Crippen molar-refractivity contribution < 1.29 is 0 Å². The second-order valence-corrected chi connectivity index (χ2v) is 7.97. The minimum atomic E-state index is 0.0858. The molecule has 0 radical (unpaired) electrons. The Morgan fingerprint density at radius 3 is 0.828 bits per heavy atom. The van der Waals surface area contributed by atoms with Gasteiger partial charge in [-0.2, -0.15) is 0 Å². The van der Waals surface area contributed by atoms with Gasteiger partial charge in [-0.25, -0.2) is 0 Å². The minimum absolute atomic E-state index is 0.0858. The van der Waals surface area contributed by atoms with E-state index in [-0.39, 0.29) is 5.41 Å². The molecule has 3 aromatic carbocycles. The minimum Gasteiger partial charge on any atom is -0.0683 e. The van der Waals surface area contributed by atoms with Crippen molar-refractivity contribution in [2.45, 2.75) is 73.1 Å². The van der Waals surface area contributed by atoms with Crippen LogP contribution in [0.5, 0.6) is 0 Å². The molecule has 0 aliphatic heterocycles. The highest BCUT2D eigenvalue weighted by atomic mass is 14.2. The SMILES string of the molecule is CC.CC.CC(C)(C)c1ccccc1.CC(C)(c1ccccc1)c1ccccc1. The Balaban J connectivity index is 0.000000488. The van der Waals surface area contributed by atoms with Crippen molar-refractivity contribution in [3.8, 4) is 0 Å². The van der Waals surface area contributed by atoms with Crippen molar-refractivity contribution in [3.05, 3.63) is 108 Å². The number of benzene rings is 3. The second-order valence-electron chi connectivity index (χ2n) is 7.97. The van der Waals surface area contributed by atoms with Gasteiger partial charge < -0.3 is 0 Å². The van der Waals surface area contributed by atoms with E-state index in [1.165, 1.54) is 16.7 Å². The summed E-state index contributed by atoms with van der Waals surface area (Å²) in [5.41, 5.74) is 4.49. The molecule has 0 aromatic heterocycles. The lowest BCUT2D eigenvalue weighted by Crippen LogP contribution is -2.18. The third kappa shape index (κ3) is 9.13. The molecule has 0 bridgehead atoms. The van der Waals surface area contributed by atoms with Gasteiger partial charge >= 0.3 is 0 Å². The molecule has 0 saturated heterocycles. The fraction of sp³-hybridized carbons (Fsp3) is 0.379. The van der Waals surface area contributed by atoms with Gasteiger partial charge in [-0.15, -0.1) is 0 Å². The highest BCUT2D eigenvalue weighted by molar-refractivity contribution is 5.36. The lowest BCUT2D eigenvalue weighted by molar-refractivity contribution is 0.590. The van der Waals surface area contributed by atoms with Crippen LogP contribution in [0.3, 0.4) is 0 Å². The molecule has 0 saturated carbocycles. The van der Waals surface area contributed by atoms with Crippen LogP contribution in [-0.2, 0) is 10.8 Å². The summed E-state index contributed by atoms with van der Waals surface area (Å²) >= 11 is 0. The maximum atomic E-state index is 2.26. The van der Waals surface area contributed by atoms with Gasteiger partial charge in [0.25, 0.3) is 0 Å². The number of hydrogen-bond donors (Lipinski definition) is 0. The van der Waals surface area contributed by atoms with Crippen molar-refractivity contribution in [2.24, 2.45) is 0 Å². The molecule has 0 unspecified atom stereocenters. The van der Waals surface area contributed by atoms with E-state index in [1.54, 1.807) is 0 Å². The Labute approximate surface area is 181 Å². The van der Waals surface area contributed by atoms with Crippen LogP contribution in [0.4, 0.5) is 0 Å². The molecule has 0 spiro atoms. The van der Waals surface area contributed by atoms with Crippen LogP contribution in [0.2, 0.25) is 0 Å². The summed E-state index contributed by atoms with van der Waals surface area (Å²) in [5.74, 6) is 0. The van der Waals surface area contributed by atoms with Crippen molar-refractivity contribution >= 4 is 0 Å². The third-order valence-corrected chi connectivity index (χ3v) is 4.63. The molecule has 0 heteroatoms. The average molecular weight is 391 g/mol. The van der Waals surface area contributed by atoms with Crippen molar-refractivity contribution in [2.75, 3.05) is 0 Å². The van der Waals surface area contributed by atoms with E-state index in [0.717, 1.165) is 0 Å². The molecule has 0 fully saturated rings. The zero-order valence-electron chi connectivity index (χ0n) is 20.2. The molecular weight excluding hydrogens is 348 g/mol. The fourth-order valence-corrected chi connectivity index (χ4v) is 2.81. The zero-order valence-corrected chi connectivity index (χ0v) is 20.2. The van der Waals surface area contributed by atoms with Crippen LogP contribution in [-0.4, -0.2) is 0 Å². The van der Waals surface area contributed by atoms with Gasteiger partial charge in [0.05, 0.1) is 0 Å². The Bertz CT molecular complexity index is 691. The van der Waals surface area contributed by atoms with Crippen LogP contribution >= 0.6 is 0 Å². The molecule has 29 heavy (non-hydrogen) atoms. The first kappa shape index (κ1) is 26.7. The summed E-state index contributed by atoms with van der Waals surface area (Å²) in [6.07, 6.45) is 0. The molecule has 0 atom stereocenters. The first-order valence-electron chi connectivity index (χ1n) is 11.0. The van der Waals surface area contributed by atoms with Gasteiger partial charge in [-0.1, -0.05) is 153 Å². The van der Waals surface area contributed by atoms with Gasteiger partial charge in [-0.3, -0.25) is 0 Å². The topological polar surface area (TPSA) is 0 Å². The average Bonchev–Trinajstić information content (AvgIpc) is 2.78. The van der Waals surface area contributed by atoms with Crippen LogP contribution < -0.4 is 0 Å². The van der Waals surface area contributed by atoms with Crippen molar-refractivity contribution in [1.29, 1.82) is 0 Å². The molecule has 0 nitrogen and oxygen atoms in total. The summed E-state index contributed by atoms with van der Waals surface area (Å²) in [4.78, 5) is 0. The fourth-order valence-electron chi connectivity index (χ4n) is 2.81. The van der Waals surface area contributed by atoms with Gasteiger partial charge in [0.2, 0.25) is 0 Å². The summed E-state index contributed by atoms with van der Waals surface area (Å²) in [6, 6.07) is 31.8. The largest absolute Gasteiger partial charge is 0.0683 e. The van der Waals surface area contributed by atoms with Crippen LogP contribution in [0.15, 0.2) is 91.0 Å². The summed E-state index contributed by atoms with van der Waals surface area (Å²) in [7, 11) is 0. The lowest BCUT2D eigenvalue weighted by Gasteiger charge is -2.25. The van der Waals surface area contributed by atoms with E-state index in [1.807, 2.05) is 27.7 Å². The van der Waals surface area contributed by atoms with Crippen LogP contribution in [0.25, 0.3) is 0 Å². The maximum absolute atomic E-state index is 2.26. The highest BCUT2D eigenvalue weighted by Gasteiger charge is 2.21. The smallest absolute Gasteiger partial charge is 0.0146 e. The number of hydrogen-bond acceptors (Lipinski definition) is 0. The molecule has 0 heterocycles. The molecule has 0 aliphatic rings. The van der Waals surface area contributed by atoms with Crippen molar-refractivity contribution in [3.63, 3.8) is 0 Å². The van der Waals surface area contributed by atoms with E-state index in [0.29, 0.717) is 5.41 Å². The normalized spacial score (nSPS) is 10.2. The summed E-state index contributed by atoms with van der Waals surface area (Å²) < 4.78 is 0. The van der Waals surface area contributed by atoms with Gasteiger partial charge in [0.15, 0.2) is 0 Å². The third-order valence-electron chi connectivity index (χ3n) is 4.63. The van der Waals surface area contributed by atoms with E-state index >= 15 is 0 Å². The Morgan fingerprint density at radius 1 is 0.379 bits per heavy atom. The first-order chi connectivity index (χ1) is 13.8. The van der Waals surface area contributed by atoms with Crippen molar-refractivity contribution in [1.82, 2.24) is 0 Å². The molecule has 3 aromatic rings. The van der Waals surface area contributed by atoms with Gasteiger partial charge in [0.1, 0.15) is 0 Å². The van der Waals surface area contributed by atoms with E-state index in [4.69, 9.17) is 0 Å². The Morgan fingerprint density at radius 2 is 0.621 bits per heavy atom. The van der Waals surface area contributed by atoms with Gasteiger partial charge in [-0.05, 0) is 22.1 Å². The van der Waals surface area contributed by atoms with Crippen LogP contribution in [0.1, 0.15) is 79.0 Å².